The van der Waals surface area contributed by atoms with Crippen molar-refractivity contribution in [1.29, 1.82) is 0 Å². The van der Waals surface area contributed by atoms with E-state index in [1.54, 1.807) is 6.92 Å². The number of aromatic nitrogens is 2. The summed E-state index contributed by atoms with van der Waals surface area (Å²) in [4.78, 5) is 9.30. The maximum Gasteiger partial charge on any atom is 0.416 e. The highest BCUT2D eigenvalue weighted by Crippen LogP contribution is 2.40. The molecule has 0 radical (unpaired) electrons. The minimum absolute atomic E-state index is 0.00385. The topological polar surface area (TPSA) is 84.4 Å². The Morgan fingerprint density at radius 2 is 1.41 bits per heavy atom. The number of nitrogens with one attached hydrogen (secondary N) is 1. The highest BCUT2D eigenvalue weighted by Gasteiger charge is 2.38. The van der Waals surface area contributed by atoms with E-state index in [2.05, 4.69) is 15.3 Å². The van der Waals surface area contributed by atoms with Crippen molar-refractivity contribution < 1.29 is 52.7 Å². The second-order valence-corrected chi connectivity index (χ2v) is 12.0. The molecule has 7 nitrogen and oxygen atoms in total. The smallest absolute Gasteiger partial charge is 0.416 e. The molecule has 0 unspecified atom stereocenters. The average Bonchev–Trinajstić information content (AvgIpc) is 2.90. The molecule has 0 aliphatic heterocycles. The molecule has 0 saturated carbocycles. The first kappa shape index (κ1) is 34.7. The zero-order valence-electron chi connectivity index (χ0n) is 23.4. The van der Waals surface area contributed by atoms with E-state index in [0.717, 1.165) is 41.7 Å². The number of hydrogen-bond acceptors (Lipinski definition) is 7. The standard InChI is InChI=1S/C27H27F9N4O3S/c1-4-37-23-6-5-19(25(28,29)30)11-18(23)15-40(24-38-13-22(14-39-24)43-7-8-44(3,41)42)16(2)17-9-20(26(31,32)33)12-21(10-17)27(34,35)36/h5-6,9-14,16,37H,4,7-8,15H2,1-3H3/t16-/m0/s1. The third-order valence-electron chi connectivity index (χ3n) is 6.29. The van der Waals surface area contributed by atoms with E-state index in [0.29, 0.717) is 12.1 Å². The molecule has 0 aliphatic carbocycles. The lowest BCUT2D eigenvalue weighted by Crippen LogP contribution is -2.29. The van der Waals surface area contributed by atoms with Gasteiger partial charge < -0.3 is 15.0 Å². The summed E-state index contributed by atoms with van der Waals surface area (Å²) in [6.07, 6.45) is -11.9. The van der Waals surface area contributed by atoms with Crippen LogP contribution in [0, 0.1) is 0 Å². The Balaban J connectivity index is 2.14. The predicted molar refractivity (Wildman–Crippen MR) is 144 cm³/mol. The molecule has 0 saturated heterocycles. The molecular formula is C27H27F9N4O3S. The molecule has 1 heterocycles. The van der Waals surface area contributed by atoms with Gasteiger partial charge in [-0.2, -0.15) is 39.5 Å². The molecule has 0 amide bonds. The van der Waals surface area contributed by atoms with Gasteiger partial charge in [-0.05, 0) is 61.4 Å². The molecular weight excluding hydrogens is 631 g/mol. The van der Waals surface area contributed by atoms with Crippen LogP contribution in [0.2, 0.25) is 0 Å². The van der Waals surface area contributed by atoms with Crippen LogP contribution in [0.3, 0.4) is 0 Å². The van der Waals surface area contributed by atoms with Crippen LogP contribution < -0.4 is 15.0 Å². The number of benzene rings is 2. The molecule has 3 aromatic rings. The van der Waals surface area contributed by atoms with E-state index < -0.39 is 63.2 Å². The zero-order chi connectivity index (χ0) is 33.1. The largest absolute Gasteiger partial charge is 0.489 e. The van der Waals surface area contributed by atoms with Crippen LogP contribution in [-0.4, -0.2) is 43.5 Å². The maximum absolute atomic E-state index is 13.6. The first-order valence-corrected chi connectivity index (χ1v) is 14.9. The zero-order valence-corrected chi connectivity index (χ0v) is 24.2. The van der Waals surface area contributed by atoms with Crippen molar-refractivity contribution in [3.05, 3.63) is 76.6 Å². The van der Waals surface area contributed by atoms with Gasteiger partial charge in [0.05, 0.1) is 40.9 Å². The van der Waals surface area contributed by atoms with Gasteiger partial charge in [0.2, 0.25) is 5.95 Å². The molecule has 0 fully saturated rings. The monoisotopic (exact) mass is 658 g/mol. The molecule has 17 heteroatoms. The summed E-state index contributed by atoms with van der Waals surface area (Å²) in [6.45, 7) is 2.49. The van der Waals surface area contributed by atoms with Crippen molar-refractivity contribution in [2.24, 2.45) is 0 Å². The molecule has 3 rings (SSSR count). The van der Waals surface area contributed by atoms with E-state index in [4.69, 9.17) is 4.74 Å². The number of anilines is 2. The van der Waals surface area contributed by atoms with Gasteiger partial charge in [0.25, 0.3) is 0 Å². The summed E-state index contributed by atoms with van der Waals surface area (Å²) in [5.74, 6) is -0.604. The van der Waals surface area contributed by atoms with Crippen molar-refractivity contribution in [2.75, 3.05) is 35.4 Å². The number of sulfone groups is 1. The van der Waals surface area contributed by atoms with Crippen LogP contribution >= 0.6 is 0 Å². The van der Waals surface area contributed by atoms with Crippen LogP contribution in [0.4, 0.5) is 51.1 Å². The van der Waals surface area contributed by atoms with Crippen molar-refractivity contribution in [3.63, 3.8) is 0 Å². The Kier molecular flexibility index (Phi) is 10.3. The molecule has 1 N–H and O–H groups in total. The van der Waals surface area contributed by atoms with Crippen LogP contribution in [0.25, 0.3) is 0 Å². The fourth-order valence-electron chi connectivity index (χ4n) is 4.07. The van der Waals surface area contributed by atoms with Gasteiger partial charge in [0, 0.05) is 25.0 Å². The SMILES string of the molecule is CCNc1ccc(C(F)(F)F)cc1CN(c1ncc(OCCS(C)(=O)=O)cn1)[C@@H](C)c1cc(C(F)(F)F)cc(C(F)(F)F)c1. The normalized spacial score (nSPS) is 13.5. The molecule has 0 spiro atoms. The van der Waals surface area contributed by atoms with Crippen LogP contribution in [-0.2, 0) is 34.9 Å². The number of ether oxygens (including phenoxy) is 1. The summed E-state index contributed by atoms with van der Waals surface area (Å²) >= 11 is 0. The molecule has 242 valence electrons. The summed E-state index contributed by atoms with van der Waals surface area (Å²) in [6, 6.07) is 2.48. The second kappa shape index (κ2) is 13.1. The van der Waals surface area contributed by atoms with Crippen LogP contribution in [0.5, 0.6) is 5.75 Å². The second-order valence-electron chi connectivity index (χ2n) is 9.74. The lowest BCUT2D eigenvalue weighted by Gasteiger charge is -2.31. The Labute approximate surface area is 247 Å². The highest BCUT2D eigenvalue weighted by atomic mass is 32.2. The van der Waals surface area contributed by atoms with Gasteiger partial charge in [-0.15, -0.1) is 0 Å². The number of hydrogen-bond donors (Lipinski definition) is 1. The van der Waals surface area contributed by atoms with E-state index in [1.165, 1.54) is 6.92 Å². The molecule has 44 heavy (non-hydrogen) atoms. The summed E-state index contributed by atoms with van der Waals surface area (Å²) in [5.41, 5.74) is -4.39. The Bertz CT molecular complexity index is 1510. The van der Waals surface area contributed by atoms with Gasteiger partial charge in [-0.25, -0.2) is 18.4 Å². The summed E-state index contributed by atoms with van der Waals surface area (Å²) in [7, 11) is -3.36. The van der Waals surface area contributed by atoms with Gasteiger partial charge in [-0.3, -0.25) is 0 Å². The van der Waals surface area contributed by atoms with Gasteiger partial charge >= 0.3 is 18.5 Å². The third-order valence-corrected chi connectivity index (χ3v) is 7.20. The Morgan fingerprint density at radius 3 is 1.89 bits per heavy atom. The van der Waals surface area contributed by atoms with Gasteiger partial charge in [0.1, 0.15) is 6.61 Å². The Hall–Kier alpha value is -3.76. The van der Waals surface area contributed by atoms with Crippen molar-refractivity contribution >= 4 is 21.5 Å². The molecule has 0 aliphatic rings. The summed E-state index contributed by atoms with van der Waals surface area (Å²) < 4.78 is 150. The van der Waals surface area contributed by atoms with E-state index in [9.17, 15) is 47.9 Å². The fraction of sp³-hybridized carbons (Fsp3) is 0.407. The first-order chi connectivity index (χ1) is 20.2. The molecule has 1 atom stereocenters. The first-order valence-electron chi connectivity index (χ1n) is 12.8. The fourth-order valence-corrected chi connectivity index (χ4v) is 4.46. The molecule has 0 bridgehead atoms. The number of nitrogens with zero attached hydrogens (tertiary/aromatic N) is 3. The maximum atomic E-state index is 13.6. The quantitative estimate of drug-likeness (QED) is 0.219. The van der Waals surface area contributed by atoms with Gasteiger partial charge in [0.15, 0.2) is 15.6 Å². The Morgan fingerprint density at radius 1 is 0.864 bits per heavy atom. The van der Waals surface area contributed by atoms with E-state index in [1.807, 2.05) is 0 Å². The minimum Gasteiger partial charge on any atom is -0.489 e. The number of rotatable bonds is 11. The predicted octanol–water partition coefficient (Wildman–Crippen LogP) is 7.16. The van der Waals surface area contributed by atoms with Crippen LogP contribution in [0.15, 0.2) is 48.8 Å². The average molecular weight is 659 g/mol. The van der Waals surface area contributed by atoms with Gasteiger partial charge in [-0.1, -0.05) is 0 Å². The lowest BCUT2D eigenvalue weighted by molar-refractivity contribution is -0.143. The third kappa shape index (κ3) is 9.37. The summed E-state index contributed by atoms with van der Waals surface area (Å²) in [5, 5.41) is 2.89. The van der Waals surface area contributed by atoms with E-state index >= 15 is 0 Å². The van der Waals surface area contributed by atoms with E-state index in [-0.39, 0.29) is 47.9 Å². The molecule has 2 aromatic carbocycles. The van der Waals surface area contributed by atoms with Crippen molar-refractivity contribution in [3.8, 4) is 5.75 Å². The minimum atomic E-state index is -5.14. The number of halogens is 9. The number of alkyl halides is 9. The van der Waals surface area contributed by atoms with Crippen molar-refractivity contribution in [2.45, 2.75) is 45.0 Å². The highest BCUT2D eigenvalue weighted by molar-refractivity contribution is 7.90. The lowest BCUT2D eigenvalue weighted by atomic mass is 9.98. The van der Waals surface area contributed by atoms with Crippen molar-refractivity contribution in [1.82, 2.24) is 9.97 Å². The van der Waals surface area contributed by atoms with Crippen LogP contribution in [0.1, 0.15) is 47.7 Å². The molecule has 1 aromatic heterocycles.